The molecule has 0 unspecified atom stereocenters. The van der Waals surface area contributed by atoms with Crippen molar-refractivity contribution in [1.82, 2.24) is 23.2 Å². The van der Waals surface area contributed by atoms with E-state index < -0.39 is 22.1 Å². The average molecular weight is 419 g/mol. The quantitative estimate of drug-likeness (QED) is 0.764. The summed E-state index contributed by atoms with van der Waals surface area (Å²) < 4.78 is 68.7. The van der Waals surface area contributed by atoms with E-state index >= 15 is 0 Å². The van der Waals surface area contributed by atoms with E-state index in [2.05, 4.69) is 10.1 Å². The predicted octanol–water partition coefficient (Wildman–Crippen LogP) is 2.86. The zero-order valence-corrected chi connectivity index (χ0v) is 17.0. The zero-order valence-electron chi connectivity index (χ0n) is 16.2. The Hall–Kier alpha value is -1.72. The second-order valence-corrected chi connectivity index (χ2v) is 9.69. The smallest absolute Gasteiger partial charge is 0.233 e. The highest BCUT2D eigenvalue weighted by atomic mass is 32.2. The Morgan fingerprint density at radius 1 is 1.25 bits per heavy atom. The van der Waals surface area contributed by atoms with E-state index in [0.29, 0.717) is 30.8 Å². The van der Waals surface area contributed by atoms with Gasteiger partial charge in [-0.05, 0) is 24.8 Å². The Morgan fingerprint density at radius 2 is 1.93 bits per heavy atom. The second-order valence-electron chi connectivity index (χ2n) is 7.55. The minimum absolute atomic E-state index is 0.126. The van der Waals surface area contributed by atoms with Crippen molar-refractivity contribution in [2.24, 2.45) is 0 Å². The van der Waals surface area contributed by atoms with E-state index in [1.807, 2.05) is 0 Å². The van der Waals surface area contributed by atoms with Crippen LogP contribution in [0.3, 0.4) is 0 Å². The van der Waals surface area contributed by atoms with Crippen molar-refractivity contribution in [3.63, 3.8) is 0 Å². The van der Waals surface area contributed by atoms with Gasteiger partial charge in [0.1, 0.15) is 5.69 Å². The Balaban J connectivity index is 2.02. The van der Waals surface area contributed by atoms with E-state index in [0.717, 1.165) is 14.9 Å². The molecule has 3 heterocycles. The third kappa shape index (κ3) is 3.87. The van der Waals surface area contributed by atoms with E-state index in [1.165, 1.54) is 24.5 Å². The lowest BCUT2D eigenvalue weighted by molar-refractivity contribution is -0.142. The van der Waals surface area contributed by atoms with Crippen LogP contribution in [0.15, 0.2) is 12.1 Å². The van der Waals surface area contributed by atoms with Crippen LogP contribution < -0.4 is 0 Å². The van der Waals surface area contributed by atoms with Gasteiger partial charge >= 0.3 is 6.18 Å². The summed E-state index contributed by atoms with van der Waals surface area (Å²) in [6, 6.07) is 2.57. The van der Waals surface area contributed by atoms with Crippen molar-refractivity contribution < 1.29 is 21.6 Å². The van der Waals surface area contributed by atoms with Gasteiger partial charge in [-0.25, -0.2) is 9.50 Å². The molecular weight excluding hydrogens is 395 g/mol. The number of hydrogen-bond donors (Lipinski definition) is 0. The highest BCUT2D eigenvalue weighted by molar-refractivity contribution is 7.86. The number of nitrogens with zero attached hydrogens (tertiary/aromatic N) is 5. The predicted molar refractivity (Wildman–Crippen MR) is 98.2 cm³/mol. The highest BCUT2D eigenvalue weighted by Crippen LogP contribution is 2.33. The number of hydrogen-bond acceptors (Lipinski definition) is 4. The van der Waals surface area contributed by atoms with Gasteiger partial charge in [0, 0.05) is 44.9 Å². The number of alkyl halides is 3. The number of rotatable bonds is 4. The van der Waals surface area contributed by atoms with Gasteiger partial charge in [0.25, 0.3) is 10.2 Å². The molecule has 1 atom stereocenters. The lowest BCUT2D eigenvalue weighted by Crippen LogP contribution is -2.44. The molecule has 11 heteroatoms. The molecule has 0 radical (unpaired) electrons. The first kappa shape index (κ1) is 21.0. The van der Waals surface area contributed by atoms with Crippen LogP contribution in [-0.2, 0) is 16.4 Å². The standard InChI is InChI=1S/C17H24F3N5O2S/c1-11(2)13-8-15(17(18,19)20)25-16(21-13)9-14(22-25)12-6-5-7-24(10-12)28(26,27)23(3)4/h8-9,11-12H,5-7,10H2,1-4H3/t12-/m0/s1. The molecule has 7 nitrogen and oxygen atoms in total. The van der Waals surface area contributed by atoms with Crippen LogP contribution in [0.5, 0.6) is 0 Å². The maximum absolute atomic E-state index is 13.5. The first-order valence-electron chi connectivity index (χ1n) is 9.06. The maximum atomic E-state index is 13.5. The first-order valence-corrected chi connectivity index (χ1v) is 10.5. The molecule has 2 aromatic heterocycles. The van der Waals surface area contributed by atoms with Gasteiger partial charge in [0.15, 0.2) is 5.65 Å². The number of aromatic nitrogens is 3. The monoisotopic (exact) mass is 419 g/mol. The number of fused-ring (bicyclic) bond motifs is 1. The van der Waals surface area contributed by atoms with Crippen LogP contribution in [0.25, 0.3) is 5.65 Å². The normalized spacial score (nSPS) is 19.8. The SMILES string of the molecule is CC(C)c1cc(C(F)(F)F)n2nc([C@H]3CCCN(S(=O)(=O)N(C)C)C3)cc2n1. The molecule has 0 saturated carbocycles. The topological polar surface area (TPSA) is 70.8 Å². The van der Waals surface area contributed by atoms with Crippen molar-refractivity contribution in [2.75, 3.05) is 27.2 Å². The molecule has 1 aliphatic rings. The lowest BCUT2D eigenvalue weighted by atomic mass is 9.96. The van der Waals surface area contributed by atoms with Gasteiger partial charge in [-0.1, -0.05) is 13.8 Å². The molecule has 28 heavy (non-hydrogen) atoms. The maximum Gasteiger partial charge on any atom is 0.433 e. The van der Waals surface area contributed by atoms with Crippen LogP contribution in [0.1, 0.15) is 55.6 Å². The summed E-state index contributed by atoms with van der Waals surface area (Å²) in [5.41, 5.74) is 0.0198. The molecule has 2 aromatic rings. The molecular formula is C17H24F3N5O2S. The molecule has 3 rings (SSSR count). The van der Waals surface area contributed by atoms with Gasteiger partial charge in [-0.2, -0.15) is 35.3 Å². The van der Waals surface area contributed by atoms with Crippen LogP contribution in [0.4, 0.5) is 13.2 Å². The van der Waals surface area contributed by atoms with Crippen LogP contribution in [-0.4, -0.2) is 58.8 Å². The molecule has 156 valence electrons. The summed E-state index contributed by atoms with van der Waals surface area (Å²) in [5.74, 6) is -0.450. The van der Waals surface area contributed by atoms with E-state index in [9.17, 15) is 21.6 Å². The van der Waals surface area contributed by atoms with E-state index in [4.69, 9.17) is 0 Å². The van der Waals surface area contributed by atoms with Gasteiger partial charge in [0.2, 0.25) is 0 Å². The van der Waals surface area contributed by atoms with Crippen LogP contribution >= 0.6 is 0 Å². The minimum Gasteiger partial charge on any atom is -0.233 e. The fourth-order valence-electron chi connectivity index (χ4n) is 3.33. The van der Waals surface area contributed by atoms with Crippen LogP contribution in [0.2, 0.25) is 0 Å². The Morgan fingerprint density at radius 3 is 2.50 bits per heavy atom. The van der Waals surface area contributed by atoms with Crippen molar-refractivity contribution >= 4 is 15.9 Å². The summed E-state index contributed by atoms with van der Waals surface area (Å²) in [7, 11) is -0.673. The summed E-state index contributed by atoms with van der Waals surface area (Å²) in [6.07, 6.45) is -3.30. The molecule has 0 aromatic carbocycles. The molecule has 1 saturated heterocycles. The molecule has 0 amide bonds. The molecule has 0 N–H and O–H groups in total. The second kappa shape index (κ2) is 7.27. The summed E-state index contributed by atoms with van der Waals surface area (Å²) in [5, 5.41) is 4.16. The average Bonchev–Trinajstić information content (AvgIpc) is 3.03. The van der Waals surface area contributed by atoms with E-state index in [1.54, 1.807) is 13.8 Å². The third-order valence-corrected chi connectivity index (χ3v) is 6.85. The highest BCUT2D eigenvalue weighted by Gasteiger charge is 2.37. The fraction of sp³-hybridized carbons (Fsp3) is 0.647. The van der Waals surface area contributed by atoms with Crippen molar-refractivity contribution in [1.29, 1.82) is 0 Å². The summed E-state index contributed by atoms with van der Waals surface area (Å²) >= 11 is 0. The molecule has 0 bridgehead atoms. The van der Waals surface area contributed by atoms with Gasteiger partial charge in [0.05, 0.1) is 5.69 Å². The molecule has 1 fully saturated rings. The fourth-order valence-corrected chi connectivity index (χ4v) is 4.52. The Bertz CT molecular complexity index is 969. The van der Waals surface area contributed by atoms with Gasteiger partial charge in [-0.15, -0.1) is 0 Å². The van der Waals surface area contributed by atoms with Gasteiger partial charge < -0.3 is 0 Å². The Labute approximate surface area is 162 Å². The molecule has 0 aliphatic carbocycles. The van der Waals surface area contributed by atoms with Crippen molar-refractivity contribution in [3.8, 4) is 0 Å². The number of halogens is 3. The van der Waals surface area contributed by atoms with Crippen LogP contribution in [0, 0.1) is 0 Å². The first-order chi connectivity index (χ1) is 12.9. The number of piperidine rings is 1. The molecule has 0 spiro atoms. The van der Waals surface area contributed by atoms with E-state index in [-0.39, 0.29) is 24.0 Å². The van der Waals surface area contributed by atoms with Crippen molar-refractivity contribution in [3.05, 3.63) is 29.2 Å². The van der Waals surface area contributed by atoms with Gasteiger partial charge in [-0.3, -0.25) is 0 Å². The Kier molecular flexibility index (Phi) is 5.45. The summed E-state index contributed by atoms with van der Waals surface area (Å²) in [6.45, 7) is 4.12. The lowest BCUT2D eigenvalue weighted by Gasteiger charge is -2.32. The largest absolute Gasteiger partial charge is 0.433 e. The summed E-state index contributed by atoms with van der Waals surface area (Å²) in [4.78, 5) is 4.32. The third-order valence-electron chi connectivity index (χ3n) is 4.94. The zero-order chi connectivity index (χ0) is 20.9. The minimum atomic E-state index is -4.57. The van der Waals surface area contributed by atoms with Crippen molar-refractivity contribution in [2.45, 2.75) is 44.7 Å². The molecule has 1 aliphatic heterocycles.